The van der Waals surface area contributed by atoms with Crippen LogP contribution in [0.1, 0.15) is 64.7 Å². The lowest BCUT2D eigenvalue weighted by Gasteiger charge is -2.53. The number of thioether (sulfide) groups is 1. The molecule has 2 unspecified atom stereocenters. The van der Waals surface area contributed by atoms with Crippen molar-refractivity contribution in [1.29, 1.82) is 0 Å². The molecule has 0 aromatic heterocycles. The Bertz CT molecular complexity index is 285. The van der Waals surface area contributed by atoms with Gasteiger partial charge in [-0.1, -0.05) is 13.3 Å². The highest BCUT2D eigenvalue weighted by atomic mass is 32.2. The smallest absolute Gasteiger partial charge is 0.0116 e. The number of piperidine rings is 2. The number of fused-ring (bicyclic) bond motifs is 2. The van der Waals surface area contributed by atoms with Gasteiger partial charge in [0.25, 0.3) is 0 Å². The summed E-state index contributed by atoms with van der Waals surface area (Å²) in [6.07, 6.45) is 15.3. The molecule has 2 saturated heterocycles. The number of nitrogens with one attached hydrogen (secondary N) is 1. The summed E-state index contributed by atoms with van der Waals surface area (Å²) in [5.74, 6) is 0. The number of hydrogen-bond donors (Lipinski definition) is 1. The minimum atomic E-state index is 0.800. The molecule has 3 aliphatic rings. The third kappa shape index (κ3) is 3.20. The van der Waals surface area contributed by atoms with Crippen molar-refractivity contribution in [3.05, 3.63) is 0 Å². The molecule has 1 N–H and O–H groups in total. The largest absolute Gasteiger partial charge is 0.314 e. The molecular formula is C17H32N2S. The van der Waals surface area contributed by atoms with Crippen LogP contribution in [0.25, 0.3) is 0 Å². The Hall–Kier alpha value is 0.270. The van der Waals surface area contributed by atoms with E-state index in [0.717, 1.165) is 36.0 Å². The van der Waals surface area contributed by atoms with E-state index in [0.29, 0.717) is 0 Å². The second-order valence-corrected chi connectivity index (χ2v) is 8.22. The summed E-state index contributed by atoms with van der Waals surface area (Å²) in [6, 6.07) is 3.50. The van der Waals surface area contributed by atoms with E-state index in [-0.39, 0.29) is 0 Å². The number of nitrogens with zero attached hydrogens (tertiary/aromatic N) is 1. The maximum atomic E-state index is 3.72. The number of rotatable bonds is 4. The Morgan fingerprint density at radius 2 is 1.60 bits per heavy atom. The van der Waals surface area contributed by atoms with Crippen LogP contribution in [0, 0.1) is 0 Å². The Labute approximate surface area is 129 Å². The van der Waals surface area contributed by atoms with Crippen molar-refractivity contribution in [2.24, 2.45) is 0 Å². The van der Waals surface area contributed by atoms with Crippen molar-refractivity contribution < 1.29 is 0 Å². The summed E-state index contributed by atoms with van der Waals surface area (Å²) in [7, 11) is 0. The average molecular weight is 297 g/mol. The first-order valence-corrected chi connectivity index (χ1v) is 10.1. The highest BCUT2D eigenvalue weighted by Gasteiger charge is 2.41. The van der Waals surface area contributed by atoms with E-state index in [9.17, 15) is 0 Å². The maximum absolute atomic E-state index is 3.72. The summed E-state index contributed by atoms with van der Waals surface area (Å²) in [5.41, 5.74) is 0. The van der Waals surface area contributed by atoms with E-state index in [1.54, 1.807) is 0 Å². The van der Waals surface area contributed by atoms with Gasteiger partial charge in [-0.25, -0.2) is 0 Å². The predicted octanol–water partition coefficient (Wildman–Crippen LogP) is 3.66. The number of hydrogen-bond acceptors (Lipinski definition) is 3. The first-order chi connectivity index (χ1) is 9.81. The zero-order valence-corrected chi connectivity index (χ0v) is 14.1. The van der Waals surface area contributed by atoms with Crippen LogP contribution in [-0.4, -0.2) is 47.1 Å². The van der Waals surface area contributed by atoms with E-state index < -0.39 is 0 Å². The molecule has 2 aliphatic heterocycles. The molecule has 0 radical (unpaired) electrons. The molecule has 2 atom stereocenters. The second kappa shape index (κ2) is 7.02. The zero-order chi connectivity index (χ0) is 13.9. The molecule has 2 heterocycles. The van der Waals surface area contributed by atoms with Crippen molar-refractivity contribution in [2.45, 2.75) is 94.1 Å². The van der Waals surface area contributed by atoms with Crippen LogP contribution in [-0.2, 0) is 0 Å². The molecule has 2 bridgehead atoms. The molecule has 1 saturated carbocycles. The summed E-state index contributed by atoms with van der Waals surface area (Å²) < 4.78 is 0. The monoisotopic (exact) mass is 296 g/mol. The van der Waals surface area contributed by atoms with Crippen molar-refractivity contribution in [1.82, 2.24) is 10.2 Å². The molecule has 3 fully saturated rings. The van der Waals surface area contributed by atoms with E-state index in [2.05, 4.69) is 35.2 Å². The maximum Gasteiger partial charge on any atom is 0.0116 e. The molecule has 3 heteroatoms. The van der Waals surface area contributed by atoms with Crippen LogP contribution in [0.15, 0.2) is 0 Å². The van der Waals surface area contributed by atoms with Crippen LogP contribution >= 0.6 is 11.8 Å². The Kier molecular flexibility index (Phi) is 5.33. The third-order valence-electron chi connectivity index (χ3n) is 5.92. The van der Waals surface area contributed by atoms with E-state index in [1.807, 2.05) is 0 Å². The van der Waals surface area contributed by atoms with Gasteiger partial charge in [-0.3, -0.25) is 4.90 Å². The summed E-state index contributed by atoms with van der Waals surface area (Å²) >= 11 is 2.09. The minimum absolute atomic E-state index is 0.800. The predicted molar refractivity (Wildman–Crippen MR) is 89.5 cm³/mol. The standard InChI is InChI=1S/C17H32N2S/c1-3-18-13-11-15-5-4-6-16(12-13)19(15)14-7-9-17(20-2)10-8-14/h13-18H,3-12H2,1-2H3. The van der Waals surface area contributed by atoms with Crippen LogP contribution in [0.5, 0.6) is 0 Å². The summed E-state index contributed by atoms with van der Waals surface area (Å²) in [4.78, 5) is 2.99. The molecule has 20 heavy (non-hydrogen) atoms. The lowest BCUT2D eigenvalue weighted by atomic mass is 9.78. The SMILES string of the molecule is CCNC1CC2CCCC(C1)N2C1CCC(SC)CC1. The van der Waals surface area contributed by atoms with Crippen molar-refractivity contribution in [3.8, 4) is 0 Å². The minimum Gasteiger partial charge on any atom is -0.314 e. The highest BCUT2D eigenvalue weighted by Crippen LogP contribution is 2.40. The average Bonchev–Trinajstić information content (AvgIpc) is 2.47. The van der Waals surface area contributed by atoms with Gasteiger partial charge in [0.1, 0.15) is 0 Å². The quantitative estimate of drug-likeness (QED) is 0.852. The third-order valence-corrected chi connectivity index (χ3v) is 7.06. The van der Waals surface area contributed by atoms with Gasteiger partial charge in [0.05, 0.1) is 0 Å². The Morgan fingerprint density at radius 3 is 2.15 bits per heavy atom. The van der Waals surface area contributed by atoms with Gasteiger partial charge in [-0.2, -0.15) is 11.8 Å². The summed E-state index contributed by atoms with van der Waals surface area (Å²) in [5, 5.41) is 4.67. The lowest BCUT2D eigenvalue weighted by Crippen LogP contribution is -2.60. The zero-order valence-electron chi connectivity index (χ0n) is 13.3. The topological polar surface area (TPSA) is 15.3 Å². The van der Waals surface area contributed by atoms with E-state index >= 15 is 0 Å². The Balaban J connectivity index is 1.62. The fraction of sp³-hybridized carbons (Fsp3) is 1.00. The van der Waals surface area contributed by atoms with Gasteiger partial charge in [0, 0.05) is 29.4 Å². The van der Waals surface area contributed by atoms with Gasteiger partial charge in [0.15, 0.2) is 0 Å². The highest BCUT2D eigenvalue weighted by molar-refractivity contribution is 7.99. The van der Waals surface area contributed by atoms with Crippen molar-refractivity contribution in [3.63, 3.8) is 0 Å². The van der Waals surface area contributed by atoms with Gasteiger partial charge < -0.3 is 5.32 Å². The summed E-state index contributed by atoms with van der Waals surface area (Å²) in [6.45, 7) is 3.40. The molecule has 1 aliphatic carbocycles. The normalized spacial score (nSPS) is 42.6. The van der Waals surface area contributed by atoms with E-state index in [1.165, 1.54) is 57.8 Å². The van der Waals surface area contributed by atoms with E-state index in [4.69, 9.17) is 0 Å². The first kappa shape index (κ1) is 15.2. The molecule has 116 valence electrons. The molecule has 0 spiro atoms. The molecule has 0 amide bonds. The first-order valence-electron chi connectivity index (χ1n) is 8.85. The van der Waals surface area contributed by atoms with Crippen molar-refractivity contribution in [2.75, 3.05) is 12.8 Å². The van der Waals surface area contributed by atoms with Crippen molar-refractivity contribution >= 4 is 11.8 Å². The van der Waals surface area contributed by atoms with Crippen LogP contribution < -0.4 is 5.32 Å². The fourth-order valence-electron chi connectivity index (χ4n) is 5.05. The fourth-order valence-corrected chi connectivity index (χ4v) is 5.79. The lowest BCUT2D eigenvalue weighted by molar-refractivity contribution is -0.0213. The van der Waals surface area contributed by atoms with Gasteiger partial charge in [-0.05, 0) is 64.2 Å². The van der Waals surface area contributed by atoms with Gasteiger partial charge in [0.2, 0.25) is 0 Å². The van der Waals surface area contributed by atoms with Crippen LogP contribution in [0.3, 0.4) is 0 Å². The molecule has 0 aromatic rings. The van der Waals surface area contributed by atoms with Gasteiger partial charge >= 0.3 is 0 Å². The molecular weight excluding hydrogens is 264 g/mol. The molecule has 3 rings (SSSR count). The Morgan fingerprint density at radius 1 is 0.950 bits per heavy atom. The van der Waals surface area contributed by atoms with Crippen LogP contribution in [0.2, 0.25) is 0 Å². The molecule has 2 nitrogen and oxygen atoms in total. The molecule has 0 aromatic carbocycles. The van der Waals surface area contributed by atoms with Crippen LogP contribution in [0.4, 0.5) is 0 Å². The van der Waals surface area contributed by atoms with Gasteiger partial charge in [-0.15, -0.1) is 0 Å². The second-order valence-electron chi connectivity index (χ2n) is 7.08.